The monoisotopic (exact) mass is 387 g/mol. The fourth-order valence-electron chi connectivity index (χ4n) is 3.07. The van der Waals surface area contributed by atoms with Gasteiger partial charge in [0.15, 0.2) is 5.13 Å². The number of carbonyl (C=O) groups excluding carboxylic acids is 1. The van der Waals surface area contributed by atoms with Gasteiger partial charge in [0.1, 0.15) is 0 Å². The molecule has 28 heavy (non-hydrogen) atoms. The van der Waals surface area contributed by atoms with Crippen LogP contribution in [0, 0.1) is 20.8 Å². The Balaban J connectivity index is 1.78. The Morgan fingerprint density at radius 2 is 1.89 bits per heavy atom. The van der Waals surface area contributed by atoms with Crippen molar-refractivity contribution in [1.29, 1.82) is 0 Å². The van der Waals surface area contributed by atoms with Gasteiger partial charge >= 0.3 is 0 Å². The Bertz CT molecular complexity index is 1150. The fourth-order valence-corrected chi connectivity index (χ4v) is 4.13. The van der Waals surface area contributed by atoms with Crippen molar-refractivity contribution in [3.8, 4) is 0 Å². The van der Waals surface area contributed by atoms with Crippen LogP contribution in [0.2, 0.25) is 0 Å². The molecule has 2 heterocycles. The molecular formula is C23H21N3OS. The van der Waals surface area contributed by atoms with Gasteiger partial charge in [-0.1, -0.05) is 29.5 Å². The first kappa shape index (κ1) is 18.3. The van der Waals surface area contributed by atoms with Gasteiger partial charge in [-0.25, -0.2) is 4.98 Å². The third kappa shape index (κ3) is 3.66. The third-order valence-electron chi connectivity index (χ3n) is 4.83. The van der Waals surface area contributed by atoms with Crippen molar-refractivity contribution in [3.63, 3.8) is 0 Å². The Morgan fingerprint density at radius 3 is 2.64 bits per heavy atom. The highest BCUT2D eigenvalue weighted by molar-refractivity contribution is 7.22. The molecule has 1 amide bonds. The minimum Gasteiger partial charge on any atom is -0.279 e. The van der Waals surface area contributed by atoms with Crippen LogP contribution in [0.5, 0.6) is 0 Å². The Labute approximate surface area is 168 Å². The summed E-state index contributed by atoms with van der Waals surface area (Å²) < 4.78 is 1.08. The largest absolute Gasteiger partial charge is 0.279 e. The summed E-state index contributed by atoms with van der Waals surface area (Å²) in [4.78, 5) is 24.1. The van der Waals surface area contributed by atoms with E-state index in [1.165, 1.54) is 11.1 Å². The second kappa shape index (κ2) is 7.52. The molecule has 2 aromatic heterocycles. The molecule has 2 aromatic carbocycles. The van der Waals surface area contributed by atoms with Crippen molar-refractivity contribution in [2.75, 3.05) is 4.90 Å². The number of carbonyl (C=O) groups is 1. The van der Waals surface area contributed by atoms with Crippen molar-refractivity contribution in [2.24, 2.45) is 0 Å². The standard InChI is InChI=1S/C23H21N3OS/c1-15-6-9-20-21(11-15)28-23(25-20)26(14-18-5-4-10-24-13-18)22(27)19-8-7-16(2)17(3)12-19/h4-13H,14H2,1-3H3. The SMILES string of the molecule is Cc1ccc2nc(N(Cc3cccnc3)C(=O)c3ccc(C)c(C)c3)sc2c1. The molecule has 140 valence electrons. The van der Waals surface area contributed by atoms with E-state index in [0.717, 1.165) is 21.3 Å². The van der Waals surface area contributed by atoms with E-state index < -0.39 is 0 Å². The molecule has 0 saturated carbocycles. The quantitative estimate of drug-likeness (QED) is 0.467. The van der Waals surface area contributed by atoms with Crippen molar-refractivity contribution in [2.45, 2.75) is 27.3 Å². The fraction of sp³-hybridized carbons (Fsp3) is 0.174. The zero-order chi connectivity index (χ0) is 19.7. The minimum atomic E-state index is -0.0530. The van der Waals surface area contributed by atoms with Crippen molar-refractivity contribution < 1.29 is 4.79 Å². The van der Waals surface area contributed by atoms with Crippen LogP contribution in [0.4, 0.5) is 5.13 Å². The highest BCUT2D eigenvalue weighted by Gasteiger charge is 2.22. The van der Waals surface area contributed by atoms with E-state index in [1.807, 2.05) is 56.3 Å². The van der Waals surface area contributed by atoms with Gasteiger partial charge in [0, 0.05) is 18.0 Å². The number of fused-ring (bicyclic) bond motifs is 1. The van der Waals surface area contributed by atoms with Crippen molar-refractivity contribution >= 4 is 32.6 Å². The summed E-state index contributed by atoms with van der Waals surface area (Å²) >= 11 is 1.54. The molecule has 0 atom stereocenters. The number of anilines is 1. The van der Waals surface area contributed by atoms with E-state index in [4.69, 9.17) is 4.98 Å². The van der Waals surface area contributed by atoms with E-state index in [2.05, 4.69) is 18.0 Å². The van der Waals surface area contributed by atoms with Gasteiger partial charge < -0.3 is 0 Å². The van der Waals surface area contributed by atoms with Gasteiger partial charge in [0.25, 0.3) is 5.91 Å². The summed E-state index contributed by atoms with van der Waals surface area (Å²) in [5.41, 5.74) is 6.01. The first-order chi connectivity index (χ1) is 13.5. The van der Waals surface area contributed by atoms with Gasteiger partial charge in [-0.3, -0.25) is 14.7 Å². The topological polar surface area (TPSA) is 46.1 Å². The maximum absolute atomic E-state index is 13.4. The van der Waals surface area contributed by atoms with Gasteiger partial charge in [0.2, 0.25) is 0 Å². The summed E-state index contributed by atoms with van der Waals surface area (Å²) in [5, 5.41) is 0.702. The molecule has 0 bridgehead atoms. The normalized spacial score (nSPS) is 11.0. The lowest BCUT2D eigenvalue weighted by Crippen LogP contribution is -2.30. The number of aromatic nitrogens is 2. The average molecular weight is 388 g/mol. The molecule has 0 saturated heterocycles. The molecule has 0 spiro atoms. The number of amides is 1. The third-order valence-corrected chi connectivity index (χ3v) is 5.87. The minimum absolute atomic E-state index is 0.0530. The van der Waals surface area contributed by atoms with E-state index in [-0.39, 0.29) is 5.91 Å². The molecule has 0 N–H and O–H groups in total. The van der Waals surface area contributed by atoms with E-state index in [0.29, 0.717) is 17.2 Å². The summed E-state index contributed by atoms with van der Waals surface area (Å²) in [5.74, 6) is -0.0530. The second-order valence-corrected chi connectivity index (χ2v) is 8.03. The molecular weight excluding hydrogens is 366 g/mol. The second-order valence-electron chi connectivity index (χ2n) is 7.02. The molecule has 4 rings (SSSR count). The Morgan fingerprint density at radius 1 is 1.04 bits per heavy atom. The van der Waals surface area contributed by atoms with Crippen LogP contribution in [-0.4, -0.2) is 15.9 Å². The molecule has 0 aliphatic heterocycles. The summed E-state index contributed by atoms with van der Waals surface area (Å²) in [6, 6.07) is 15.9. The van der Waals surface area contributed by atoms with Crippen LogP contribution >= 0.6 is 11.3 Å². The van der Waals surface area contributed by atoms with Crippen LogP contribution in [0.1, 0.15) is 32.6 Å². The maximum Gasteiger partial charge on any atom is 0.260 e. The molecule has 0 aliphatic rings. The smallest absolute Gasteiger partial charge is 0.260 e. The Hall–Kier alpha value is -3.05. The summed E-state index contributed by atoms with van der Waals surface area (Å²) in [6.45, 7) is 6.57. The number of pyridine rings is 1. The van der Waals surface area contributed by atoms with Gasteiger partial charge in [0.05, 0.1) is 16.8 Å². The van der Waals surface area contributed by atoms with Crippen molar-refractivity contribution in [3.05, 3.63) is 88.7 Å². The van der Waals surface area contributed by atoms with Gasteiger partial charge in [-0.15, -0.1) is 0 Å². The number of benzene rings is 2. The van der Waals surface area contributed by atoms with Crippen LogP contribution in [0.3, 0.4) is 0 Å². The molecule has 5 heteroatoms. The highest BCUT2D eigenvalue weighted by Crippen LogP contribution is 2.31. The molecule has 0 unspecified atom stereocenters. The number of hydrogen-bond donors (Lipinski definition) is 0. The molecule has 0 radical (unpaired) electrons. The van der Waals surface area contributed by atoms with Gasteiger partial charge in [-0.2, -0.15) is 0 Å². The summed E-state index contributed by atoms with van der Waals surface area (Å²) in [7, 11) is 0. The molecule has 0 aliphatic carbocycles. The maximum atomic E-state index is 13.4. The lowest BCUT2D eigenvalue weighted by molar-refractivity contribution is 0.0985. The predicted octanol–water partition coefficient (Wildman–Crippen LogP) is 5.46. The number of nitrogens with zero attached hydrogens (tertiary/aromatic N) is 3. The van der Waals surface area contributed by atoms with E-state index in [1.54, 1.807) is 28.6 Å². The van der Waals surface area contributed by atoms with E-state index >= 15 is 0 Å². The van der Waals surface area contributed by atoms with Crippen LogP contribution in [-0.2, 0) is 6.54 Å². The zero-order valence-electron chi connectivity index (χ0n) is 16.1. The Kier molecular flexibility index (Phi) is 4.92. The number of rotatable bonds is 4. The number of aryl methyl sites for hydroxylation is 3. The molecule has 4 nitrogen and oxygen atoms in total. The average Bonchev–Trinajstić information content (AvgIpc) is 3.11. The van der Waals surface area contributed by atoms with Gasteiger partial charge in [-0.05, 0) is 73.4 Å². The molecule has 4 aromatic rings. The molecule has 0 fully saturated rings. The van der Waals surface area contributed by atoms with Crippen molar-refractivity contribution in [1.82, 2.24) is 9.97 Å². The lowest BCUT2D eigenvalue weighted by Gasteiger charge is -2.20. The van der Waals surface area contributed by atoms with E-state index in [9.17, 15) is 4.79 Å². The first-order valence-corrected chi connectivity index (χ1v) is 9.98. The lowest BCUT2D eigenvalue weighted by atomic mass is 10.1. The highest BCUT2D eigenvalue weighted by atomic mass is 32.1. The zero-order valence-corrected chi connectivity index (χ0v) is 17.0. The number of hydrogen-bond acceptors (Lipinski definition) is 4. The predicted molar refractivity (Wildman–Crippen MR) is 115 cm³/mol. The van der Waals surface area contributed by atoms with Crippen LogP contribution in [0.15, 0.2) is 60.9 Å². The van der Waals surface area contributed by atoms with Crippen LogP contribution < -0.4 is 4.90 Å². The summed E-state index contributed by atoms with van der Waals surface area (Å²) in [6.07, 6.45) is 3.53. The number of thiazole rings is 1. The first-order valence-electron chi connectivity index (χ1n) is 9.16. The van der Waals surface area contributed by atoms with Crippen LogP contribution in [0.25, 0.3) is 10.2 Å².